The second kappa shape index (κ2) is 6.42. The number of nitrogens with zero attached hydrogens (tertiary/aromatic N) is 4. The second-order valence-corrected chi connectivity index (χ2v) is 6.06. The van der Waals surface area contributed by atoms with Gasteiger partial charge in [-0.3, -0.25) is 13.8 Å². The summed E-state index contributed by atoms with van der Waals surface area (Å²) in [4.78, 5) is 12.0. The van der Waals surface area contributed by atoms with Crippen molar-refractivity contribution in [3.05, 3.63) is 52.7 Å². The maximum atomic E-state index is 12.0. The predicted molar refractivity (Wildman–Crippen MR) is 91.3 cm³/mol. The van der Waals surface area contributed by atoms with Gasteiger partial charge in [0.1, 0.15) is 0 Å². The molecule has 23 heavy (non-hydrogen) atoms. The van der Waals surface area contributed by atoms with Crippen molar-refractivity contribution in [2.75, 3.05) is 0 Å². The number of hydrogen-bond donors (Lipinski definition) is 1. The highest BCUT2D eigenvalue weighted by Crippen LogP contribution is 2.14. The number of fused-ring (bicyclic) bond motifs is 1. The zero-order valence-corrected chi connectivity index (χ0v) is 13.9. The second-order valence-electron chi connectivity index (χ2n) is 6.06. The fraction of sp³-hybridized carbons (Fsp3) is 0.412. The Bertz CT molecular complexity index is 844. The van der Waals surface area contributed by atoms with Gasteiger partial charge >= 0.3 is 5.69 Å². The molecular formula is C17H23N5O. The van der Waals surface area contributed by atoms with Crippen LogP contribution in [0.25, 0.3) is 11.0 Å². The topological polar surface area (TPSA) is 56.8 Å². The molecule has 0 spiro atoms. The lowest BCUT2D eigenvalue weighted by atomic mass is 10.1. The molecule has 0 amide bonds. The Labute approximate surface area is 135 Å². The first-order valence-corrected chi connectivity index (χ1v) is 7.91. The van der Waals surface area contributed by atoms with Crippen LogP contribution in [0.4, 0.5) is 0 Å². The Morgan fingerprint density at radius 3 is 2.74 bits per heavy atom. The molecule has 2 aromatic heterocycles. The van der Waals surface area contributed by atoms with Crippen molar-refractivity contribution in [1.82, 2.24) is 24.2 Å². The van der Waals surface area contributed by atoms with Crippen molar-refractivity contribution >= 4 is 11.0 Å². The third-order valence-electron chi connectivity index (χ3n) is 4.34. The number of imidazole rings is 1. The number of rotatable bonds is 6. The van der Waals surface area contributed by atoms with Crippen LogP contribution in [0.1, 0.15) is 18.9 Å². The van der Waals surface area contributed by atoms with Crippen LogP contribution in [0.2, 0.25) is 0 Å². The number of benzene rings is 1. The van der Waals surface area contributed by atoms with E-state index in [1.807, 2.05) is 30.1 Å². The highest BCUT2D eigenvalue weighted by atomic mass is 16.1. The maximum absolute atomic E-state index is 12.0. The molecule has 0 saturated heterocycles. The van der Waals surface area contributed by atoms with E-state index in [-0.39, 0.29) is 5.69 Å². The summed E-state index contributed by atoms with van der Waals surface area (Å²) in [7, 11) is 3.62. The Morgan fingerprint density at radius 2 is 2.00 bits per heavy atom. The van der Waals surface area contributed by atoms with Crippen molar-refractivity contribution < 1.29 is 0 Å². The van der Waals surface area contributed by atoms with Gasteiger partial charge in [-0.15, -0.1) is 0 Å². The smallest absolute Gasteiger partial charge is 0.310 e. The van der Waals surface area contributed by atoms with Crippen LogP contribution in [0.15, 0.2) is 41.5 Å². The monoisotopic (exact) mass is 313 g/mol. The molecule has 1 atom stereocenters. The lowest BCUT2D eigenvalue weighted by Crippen LogP contribution is -2.26. The van der Waals surface area contributed by atoms with Gasteiger partial charge in [0.05, 0.1) is 11.0 Å². The Balaban J connectivity index is 1.63. The molecule has 6 nitrogen and oxygen atoms in total. The molecule has 0 aliphatic rings. The van der Waals surface area contributed by atoms with E-state index >= 15 is 0 Å². The number of aromatic nitrogens is 4. The summed E-state index contributed by atoms with van der Waals surface area (Å²) < 4.78 is 5.32. The molecule has 0 saturated carbocycles. The molecule has 122 valence electrons. The Morgan fingerprint density at radius 1 is 1.22 bits per heavy atom. The minimum atomic E-state index is 0.0118. The average Bonchev–Trinajstić information content (AvgIpc) is 3.15. The fourth-order valence-electron chi connectivity index (χ4n) is 2.82. The molecule has 1 aromatic carbocycles. The van der Waals surface area contributed by atoms with E-state index in [1.165, 1.54) is 5.56 Å². The van der Waals surface area contributed by atoms with Crippen molar-refractivity contribution in [3.8, 4) is 0 Å². The van der Waals surface area contributed by atoms with Crippen LogP contribution in [0, 0.1) is 0 Å². The number of aryl methyl sites for hydroxylation is 3. The fourth-order valence-corrected chi connectivity index (χ4v) is 2.82. The van der Waals surface area contributed by atoms with E-state index in [0.29, 0.717) is 6.04 Å². The molecular weight excluding hydrogens is 290 g/mol. The maximum Gasteiger partial charge on any atom is 0.328 e. The van der Waals surface area contributed by atoms with E-state index in [2.05, 4.69) is 29.5 Å². The lowest BCUT2D eigenvalue weighted by molar-refractivity contribution is 0.458. The standard InChI is InChI=1S/C17H23N5O/c1-13(7-10-22-9-4-8-19-22)18-12-14-5-6-15-16(11-14)21(3)17(23)20(15)2/h4-6,8-9,11,13,18H,7,10,12H2,1-3H3/t13-/m1/s1. The van der Waals surface area contributed by atoms with Crippen LogP contribution in [-0.2, 0) is 27.2 Å². The first kappa shape index (κ1) is 15.6. The molecule has 2 heterocycles. The van der Waals surface area contributed by atoms with Gasteiger partial charge in [0.15, 0.2) is 0 Å². The van der Waals surface area contributed by atoms with Gasteiger partial charge in [-0.05, 0) is 37.1 Å². The molecule has 0 fully saturated rings. The first-order valence-electron chi connectivity index (χ1n) is 7.91. The predicted octanol–water partition coefficient (Wildman–Crippen LogP) is 1.64. The highest BCUT2D eigenvalue weighted by Gasteiger charge is 2.08. The van der Waals surface area contributed by atoms with E-state index < -0.39 is 0 Å². The highest BCUT2D eigenvalue weighted by molar-refractivity contribution is 5.76. The lowest BCUT2D eigenvalue weighted by Gasteiger charge is -2.14. The molecule has 1 N–H and O–H groups in total. The molecule has 3 aromatic rings. The third-order valence-corrected chi connectivity index (χ3v) is 4.34. The van der Waals surface area contributed by atoms with Gasteiger partial charge in [-0.25, -0.2) is 4.79 Å². The largest absolute Gasteiger partial charge is 0.328 e. The molecule has 0 aliphatic heterocycles. The van der Waals surface area contributed by atoms with Crippen molar-refractivity contribution in [1.29, 1.82) is 0 Å². The summed E-state index contributed by atoms with van der Waals surface area (Å²) in [5.41, 5.74) is 3.14. The molecule has 0 unspecified atom stereocenters. The van der Waals surface area contributed by atoms with Crippen molar-refractivity contribution in [3.63, 3.8) is 0 Å². The first-order chi connectivity index (χ1) is 11.1. The minimum Gasteiger partial charge on any atom is -0.310 e. The van der Waals surface area contributed by atoms with Crippen LogP contribution < -0.4 is 11.0 Å². The van der Waals surface area contributed by atoms with E-state index in [4.69, 9.17) is 0 Å². The minimum absolute atomic E-state index is 0.0118. The normalized spacial score (nSPS) is 12.8. The zero-order valence-electron chi connectivity index (χ0n) is 13.9. The van der Waals surface area contributed by atoms with Gasteiger partial charge in [-0.1, -0.05) is 6.07 Å². The summed E-state index contributed by atoms with van der Waals surface area (Å²) in [6.45, 7) is 3.88. The summed E-state index contributed by atoms with van der Waals surface area (Å²) in [5.74, 6) is 0. The number of nitrogens with one attached hydrogen (secondary N) is 1. The summed E-state index contributed by atoms with van der Waals surface area (Å²) in [6, 6.07) is 8.52. The molecule has 0 bridgehead atoms. The van der Waals surface area contributed by atoms with Crippen molar-refractivity contribution in [2.45, 2.75) is 32.5 Å². The molecule has 3 rings (SSSR count). The molecule has 0 aliphatic carbocycles. The summed E-state index contributed by atoms with van der Waals surface area (Å²) in [5, 5.41) is 7.75. The van der Waals surface area contributed by atoms with Gasteiger partial charge in [-0.2, -0.15) is 5.10 Å². The van der Waals surface area contributed by atoms with Gasteiger partial charge in [0.25, 0.3) is 0 Å². The van der Waals surface area contributed by atoms with Crippen LogP contribution >= 0.6 is 0 Å². The summed E-state index contributed by atoms with van der Waals surface area (Å²) in [6.07, 6.45) is 4.81. The van der Waals surface area contributed by atoms with Gasteiger partial charge in [0, 0.05) is 45.6 Å². The zero-order chi connectivity index (χ0) is 16.4. The van der Waals surface area contributed by atoms with Gasteiger partial charge < -0.3 is 5.32 Å². The Hall–Kier alpha value is -2.34. The van der Waals surface area contributed by atoms with E-state index in [9.17, 15) is 4.79 Å². The molecule has 0 radical (unpaired) electrons. The van der Waals surface area contributed by atoms with E-state index in [1.54, 1.807) is 22.4 Å². The van der Waals surface area contributed by atoms with Crippen molar-refractivity contribution in [2.24, 2.45) is 14.1 Å². The van der Waals surface area contributed by atoms with Crippen LogP contribution in [-0.4, -0.2) is 25.0 Å². The molecule has 6 heteroatoms. The quantitative estimate of drug-likeness (QED) is 0.753. The Kier molecular flexibility index (Phi) is 4.34. The van der Waals surface area contributed by atoms with E-state index in [0.717, 1.165) is 30.5 Å². The number of hydrogen-bond acceptors (Lipinski definition) is 3. The average molecular weight is 313 g/mol. The SMILES string of the molecule is C[C@H](CCn1cccn1)NCc1ccc2c(c1)n(C)c(=O)n2C. The van der Waals surface area contributed by atoms with Crippen LogP contribution in [0.3, 0.4) is 0 Å². The third kappa shape index (κ3) is 3.22. The summed E-state index contributed by atoms with van der Waals surface area (Å²) >= 11 is 0. The van der Waals surface area contributed by atoms with Gasteiger partial charge in [0.2, 0.25) is 0 Å². The van der Waals surface area contributed by atoms with Crippen LogP contribution in [0.5, 0.6) is 0 Å².